The van der Waals surface area contributed by atoms with E-state index in [-0.39, 0.29) is 5.54 Å². The summed E-state index contributed by atoms with van der Waals surface area (Å²) in [5.41, 5.74) is 9.69. The first-order valence-corrected chi connectivity index (χ1v) is 7.66. The molecule has 0 amide bonds. The summed E-state index contributed by atoms with van der Waals surface area (Å²) in [4.78, 5) is 2.64. The SMILES string of the molecule is CC1(C)CCCCC1(CN)N1CCc2ccccc21. The molecular formula is C17H26N2. The lowest BCUT2D eigenvalue weighted by atomic mass is 9.62. The van der Waals surface area contributed by atoms with Crippen LogP contribution < -0.4 is 10.6 Å². The van der Waals surface area contributed by atoms with E-state index in [1.54, 1.807) is 0 Å². The molecule has 0 saturated heterocycles. The van der Waals surface area contributed by atoms with Gasteiger partial charge < -0.3 is 10.6 Å². The Bertz CT molecular complexity index is 466. The molecule has 3 rings (SSSR count). The average Bonchev–Trinajstić information content (AvgIpc) is 2.83. The number of para-hydroxylation sites is 1. The van der Waals surface area contributed by atoms with Gasteiger partial charge in [-0.1, -0.05) is 44.9 Å². The Kier molecular flexibility index (Phi) is 3.09. The summed E-state index contributed by atoms with van der Waals surface area (Å²) < 4.78 is 0. The maximum atomic E-state index is 6.31. The van der Waals surface area contributed by atoms with Crippen molar-refractivity contribution in [2.45, 2.75) is 51.5 Å². The highest BCUT2D eigenvalue weighted by atomic mass is 15.2. The fourth-order valence-corrected chi connectivity index (χ4v) is 4.33. The average molecular weight is 258 g/mol. The van der Waals surface area contributed by atoms with Crippen LogP contribution in [0.1, 0.15) is 45.1 Å². The first kappa shape index (κ1) is 13.0. The minimum Gasteiger partial charge on any atom is -0.363 e. The molecule has 0 radical (unpaired) electrons. The summed E-state index contributed by atoms with van der Waals surface area (Å²) in [6.45, 7) is 6.74. The van der Waals surface area contributed by atoms with Gasteiger partial charge in [0, 0.05) is 18.8 Å². The van der Waals surface area contributed by atoms with Crippen LogP contribution in [0.3, 0.4) is 0 Å². The van der Waals surface area contributed by atoms with E-state index in [9.17, 15) is 0 Å². The third-order valence-electron chi connectivity index (χ3n) is 5.64. The molecular weight excluding hydrogens is 232 g/mol. The first-order chi connectivity index (χ1) is 9.11. The minimum atomic E-state index is 0.151. The maximum absolute atomic E-state index is 6.31. The standard InChI is InChI=1S/C17H26N2/c1-16(2)10-5-6-11-17(16,13-18)19-12-9-14-7-3-4-8-15(14)19/h3-4,7-8H,5-6,9-13,18H2,1-2H3. The van der Waals surface area contributed by atoms with Gasteiger partial charge in [0.25, 0.3) is 0 Å². The zero-order chi connectivity index (χ0) is 13.5. The van der Waals surface area contributed by atoms with E-state index < -0.39 is 0 Å². The monoisotopic (exact) mass is 258 g/mol. The van der Waals surface area contributed by atoms with Crippen LogP contribution in [0.4, 0.5) is 5.69 Å². The second-order valence-electron chi connectivity index (χ2n) is 6.86. The number of rotatable bonds is 2. The molecule has 1 aliphatic heterocycles. The third kappa shape index (κ3) is 1.80. The van der Waals surface area contributed by atoms with Crippen molar-refractivity contribution in [3.63, 3.8) is 0 Å². The van der Waals surface area contributed by atoms with E-state index in [0.717, 1.165) is 13.1 Å². The van der Waals surface area contributed by atoms with E-state index in [1.807, 2.05) is 0 Å². The van der Waals surface area contributed by atoms with Crippen LogP contribution in [0.2, 0.25) is 0 Å². The van der Waals surface area contributed by atoms with Crippen LogP contribution in [0, 0.1) is 5.41 Å². The van der Waals surface area contributed by atoms with Crippen LogP contribution in [0.25, 0.3) is 0 Å². The lowest BCUT2D eigenvalue weighted by Crippen LogP contribution is -2.63. The van der Waals surface area contributed by atoms with Crippen molar-refractivity contribution in [3.05, 3.63) is 29.8 Å². The lowest BCUT2D eigenvalue weighted by molar-refractivity contribution is 0.0979. The number of nitrogens with two attached hydrogens (primary N) is 1. The molecule has 1 aromatic rings. The van der Waals surface area contributed by atoms with Crippen molar-refractivity contribution in [2.24, 2.45) is 11.1 Å². The molecule has 1 atom stereocenters. The summed E-state index contributed by atoms with van der Waals surface area (Å²) in [6, 6.07) is 8.88. The van der Waals surface area contributed by atoms with Crippen LogP contribution >= 0.6 is 0 Å². The van der Waals surface area contributed by atoms with Crippen LogP contribution in [-0.4, -0.2) is 18.6 Å². The van der Waals surface area contributed by atoms with E-state index in [0.29, 0.717) is 5.41 Å². The molecule has 1 aromatic carbocycles. The molecule has 1 aliphatic carbocycles. The second-order valence-corrected chi connectivity index (χ2v) is 6.86. The van der Waals surface area contributed by atoms with Crippen LogP contribution in [0.15, 0.2) is 24.3 Å². The molecule has 1 heterocycles. The predicted octanol–water partition coefficient (Wildman–Crippen LogP) is 3.35. The molecule has 0 bridgehead atoms. The topological polar surface area (TPSA) is 29.3 Å². The normalized spacial score (nSPS) is 29.3. The number of hydrogen-bond donors (Lipinski definition) is 1. The number of anilines is 1. The maximum Gasteiger partial charge on any atom is 0.0575 e. The van der Waals surface area contributed by atoms with Gasteiger partial charge in [-0.25, -0.2) is 0 Å². The Labute approximate surface area is 117 Å². The van der Waals surface area contributed by atoms with Gasteiger partial charge in [0.1, 0.15) is 0 Å². The zero-order valence-electron chi connectivity index (χ0n) is 12.3. The first-order valence-electron chi connectivity index (χ1n) is 7.66. The molecule has 1 fully saturated rings. The van der Waals surface area contributed by atoms with Crippen molar-refractivity contribution in [1.82, 2.24) is 0 Å². The van der Waals surface area contributed by atoms with Gasteiger partial charge >= 0.3 is 0 Å². The Morgan fingerprint density at radius 1 is 1.16 bits per heavy atom. The Hall–Kier alpha value is -1.02. The second kappa shape index (κ2) is 4.52. The van der Waals surface area contributed by atoms with Crippen LogP contribution in [0.5, 0.6) is 0 Å². The predicted molar refractivity (Wildman–Crippen MR) is 81.5 cm³/mol. The summed E-state index contributed by atoms with van der Waals surface area (Å²) in [6.07, 6.45) is 6.38. The molecule has 0 aromatic heterocycles. The van der Waals surface area contributed by atoms with E-state index in [4.69, 9.17) is 5.73 Å². The molecule has 1 saturated carbocycles. The summed E-state index contributed by atoms with van der Waals surface area (Å²) >= 11 is 0. The van der Waals surface area contributed by atoms with Crippen LogP contribution in [-0.2, 0) is 6.42 Å². The highest BCUT2D eigenvalue weighted by Crippen LogP contribution is 2.50. The third-order valence-corrected chi connectivity index (χ3v) is 5.64. The largest absolute Gasteiger partial charge is 0.363 e. The smallest absolute Gasteiger partial charge is 0.0575 e. The van der Waals surface area contributed by atoms with Gasteiger partial charge in [-0.15, -0.1) is 0 Å². The Morgan fingerprint density at radius 2 is 1.89 bits per heavy atom. The van der Waals surface area contributed by atoms with Gasteiger partial charge in [0.05, 0.1) is 5.54 Å². The van der Waals surface area contributed by atoms with Gasteiger partial charge in [-0.3, -0.25) is 0 Å². The van der Waals surface area contributed by atoms with Crippen molar-refractivity contribution < 1.29 is 0 Å². The number of fused-ring (bicyclic) bond motifs is 1. The van der Waals surface area contributed by atoms with Crippen molar-refractivity contribution in [3.8, 4) is 0 Å². The molecule has 19 heavy (non-hydrogen) atoms. The highest BCUT2D eigenvalue weighted by Gasteiger charge is 2.50. The van der Waals surface area contributed by atoms with Crippen molar-refractivity contribution in [1.29, 1.82) is 0 Å². The Balaban J connectivity index is 2.04. The van der Waals surface area contributed by atoms with Gasteiger partial charge in [0.2, 0.25) is 0 Å². The molecule has 2 nitrogen and oxygen atoms in total. The van der Waals surface area contributed by atoms with Crippen molar-refractivity contribution in [2.75, 3.05) is 18.0 Å². The lowest BCUT2D eigenvalue weighted by Gasteiger charge is -2.56. The van der Waals surface area contributed by atoms with Gasteiger partial charge in [-0.2, -0.15) is 0 Å². The fourth-order valence-electron chi connectivity index (χ4n) is 4.33. The molecule has 104 valence electrons. The molecule has 0 spiro atoms. The summed E-state index contributed by atoms with van der Waals surface area (Å²) in [5, 5.41) is 0. The number of hydrogen-bond acceptors (Lipinski definition) is 2. The fraction of sp³-hybridized carbons (Fsp3) is 0.647. The summed E-state index contributed by atoms with van der Waals surface area (Å²) in [7, 11) is 0. The number of nitrogens with zero attached hydrogens (tertiary/aromatic N) is 1. The van der Waals surface area contributed by atoms with E-state index >= 15 is 0 Å². The Morgan fingerprint density at radius 3 is 2.63 bits per heavy atom. The minimum absolute atomic E-state index is 0.151. The quantitative estimate of drug-likeness (QED) is 0.881. The van der Waals surface area contributed by atoms with Crippen molar-refractivity contribution >= 4 is 5.69 Å². The van der Waals surface area contributed by atoms with E-state index in [1.165, 1.54) is 43.4 Å². The highest BCUT2D eigenvalue weighted by molar-refractivity contribution is 5.60. The van der Waals surface area contributed by atoms with E-state index in [2.05, 4.69) is 43.0 Å². The summed E-state index contributed by atoms with van der Waals surface area (Å²) in [5.74, 6) is 0. The molecule has 2 N–H and O–H groups in total. The van der Waals surface area contributed by atoms with Gasteiger partial charge in [0.15, 0.2) is 0 Å². The van der Waals surface area contributed by atoms with Gasteiger partial charge in [-0.05, 0) is 36.3 Å². The molecule has 2 aliphatic rings. The zero-order valence-corrected chi connectivity index (χ0v) is 12.3. The molecule has 1 unspecified atom stereocenters. The number of benzene rings is 1. The molecule has 2 heteroatoms.